The average Bonchev–Trinajstić information content (AvgIpc) is 2.37. The third kappa shape index (κ3) is 3.29. The molecule has 1 aromatic carbocycles. The van der Waals surface area contributed by atoms with Gasteiger partial charge in [0.2, 0.25) is 0 Å². The van der Waals surface area contributed by atoms with Gasteiger partial charge in [-0.15, -0.1) is 0 Å². The third-order valence-electron chi connectivity index (χ3n) is 2.60. The average molecular weight is 227 g/mol. The summed E-state index contributed by atoms with van der Waals surface area (Å²) in [5.41, 5.74) is 10.2. The number of rotatable bonds is 4. The number of aromatic nitrogens is 1. The molecule has 3 nitrogen and oxygen atoms in total. The van der Waals surface area contributed by atoms with Crippen LogP contribution in [-0.2, 0) is 13.1 Å². The summed E-state index contributed by atoms with van der Waals surface area (Å²) in [4.78, 5) is 4.17. The van der Waals surface area contributed by atoms with Crippen LogP contribution in [0.5, 0.6) is 0 Å². The Kier molecular flexibility index (Phi) is 3.73. The smallest absolute Gasteiger partial charge is 0.0416 e. The molecule has 1 aromatic heterocycles. The van der Waals surface area contributed by atoms with Crippen molar-refractivity contribution in [3.63, 3.8) is 0 Å². The fourth-order valence-corrected chi connectivity index (χ4v) is 1.71. The van der Waals surface area contributed by atoms with E-state index in [1.54, 1.807) is 6.20 Å². The van der Waals surface area contributed by atoms with Crippen molar-refractivity contribution in [1.29, 1.82) is 0 Å². The van der Waals surface area contributed by atoms with Crippen LogP contribution >= 0.6 is 0 Å². The maximum Gasteiger partial charge on any atom is 0.0416 e. The standard InChI is InChI=1S/C14H17N3/c1-11-3-2-4-14(5-11)17-10-13-6-12(7-15)8-16-9-13/h2-6,8-9,17H,7,10,15H2,1H3. The van der Waals surface area contributed by atoms with Crippen LogP contribution in [0.1, 0.15) is 16.7 Å². The van der Waals surface area contributed by atoms with Crippen LogP contribution in [0.15, 0.2) is 42.7 Å². The Bertz CT molecular complexity index is 494. The predicted molar refractivity (Wildman–Crippen MR) is 70.6 cm³/mol. The highest BCUT2D eigenvalue weighted by molar-refractivity contribution is 5.45. The summed E-state index contributed by atoms with van der Waals surface area (Å²) >= 11 is 0. The SMILES string of the molecule is Cc1cccc(NCc2cncc(CN)c2)c1. The second kappa shape index (κ2) is 5.46. The molecule has 3 heteroatoms. The van der Waals surface area contributed by atoms with Crippen molar-refractivity contribution in [1.82, 2.24) is 4.98 Å². The maximum atomic E-state index is 5.59. The van der Waals surface area contributed by atoms with E-state index in [1.807, 2.05) is 12.3 Å². The second-order valence-corrected chi connectivity index (χ2v) is 4.13. The molecule has 0 saturated carbocycles. The van der Waals surface area contributed by atoms with Gasteiger partial charge in [0.25, 0.3) is 0 Å². The van der Waals surface area contributed by atoms with Crippen molar-refractivity contribution < 1.29 is 0 Å². The van der Waals surface area contributed by atoms with Crippen molar-refractivity contribution >= 4 is 5.69 Å². The number of aryl methyl sites for hydroxylation is 1. The zero-order chi connectivity index (χ0) is 12.1. The van der Waals surface area contributed by atoms with E-state index < -0.39 is 0 Å². The van der Waals surface area contributed by atoms with Gasteiger partial charge in [0.05, 0.1) is 0 Å². The van der Waals surface area contributed by atoms with Gasteiger partial charge >= 0.3 is 0 Å². The van der Waals surface area contributed by atoms with Crippen molar-refractivity contribution in [3.05, 3.63) is 59.4 Å². The molecule has 0 bridgehead atoms. The number of nitrogens with zero attached hydrogens (tertiary/aromatic N) is 1. The van der Waals surface area contributed by atoms with E-state index in [1.165, 1.54) is 5.56 Å². The van der Waals surface area contributed by atoms with Crippen molar-refractivity contribution in [2.45, 2.75) is 20.0 Å². The fourth-order valence-electron chi connectivity index (χ4n) is 1.71. The first-order chi connectivity index (χ1) is 8.28. The van der Waals surface area contributed by atoms with Gasteiger partial charge in [-0.05, 0) is 41.8 Å². The van der Waals surface area contributed by atoms with E-state index in [4.69, 9.17) is 5.73 Å². The number of hydrogen-bond donors (Lipinski definition) is 2. The molecule has 0 radical (unpaired) electrons. The van der Waals surface area contributed by atoms with E-state index in [9.17, 15) is 0 Å². The number of nitrogens with two attached hydrogens (primary N) is 1. The van der Waals surface area contributed by atoms with Gasteiger partial charge in [-0.2, -0.15) is 0 Å². The summed E-state index contributed by atoms with van der Waals surface area (Å²) in [6.07, 6.45) is 3.66. The molecule has 2 aromatic rings. The molecule has 0 aliphatic rings. The van der Waals surface area contributed by atoms with Gasteiger partial charge in [0.1, 0.15) is 0 Å². The maximum absolute atomic E-state index is 5.59. The van der Waals surface area contributed by atoms with Crippen molar-refractivity contribution in [2.24, 2.45) is 5.73 Å². The minimum atomic E-state index is 0.533. The number of benzene rings is 1. The lowest BCUT2D eigenvalue weighted by Gasteiger charge is -2.07. The molecule has 17 heavy (non-hydrogen) atoms. The van der Waals surface area contributed by atoms with Gasteiger partial charge in [-0.3, -0.25) is 4.98 Å². The van der Waals surface area contributed by atoms with Gasteiger partial charge in [0.15, 0.2) is 0 Å². The van der Waals surface area contributed by atoms with Crippen LogP contribution in [0.2, 0.25) is 0 Å². The lowest BCUT2D eigenvalue weighted by molar-refractivity contribution is 1.02. The predicted octanol–water partition coefficient (Wildman–Crippen LogP) is 2.46. The first-order valence-corrected chi connectivity index (χ1v) is 5.71. The molecule has 0 aliphatic heterocycles. The molecule has 0 atom stereocenters. The normalized spacial score (nSPS) is 10.2. The lowest BCUT2D eigenvalue weighted by Crippen LogP contribution is -2.03. The summed E-state index contributed by atoms with van der Waals surface area (Å²) in [5, 5.41) is 3.37. The Morgan fingerprint density at radius 2 is 2.00 bits per heavy atom. The molecule has 0 amide bonds. The third-order valence-corrected chi connectivity index (χ3v) is 2.60. The van der Waals surface area contributed by atoms with Crippen LogP contribution in [-0.4, -0.2) is 4.98 Å². The lowest BCUT2D eigenvalue weighted by atomic mass is 10.2. The Hall–Kier alpha value is -1.87. The van der Waals surface area contributed by atoms with Crippen LogP contribution in [0.4, 0.5) is 5.69 Å². The summed E-state index contributed by atoms with van der Waals surface area (Å²) in [7, 11) is 0. The Labute approximate surface area is 102 Å². The van der Waals surface area contributed by atoms with E-state index in [0.717, 1.165) is 23.4 Å². The largest absolute Gasteiger partial charge is 0.381 e. The first-order valence-electron chi connectivity index (χ1n) is 5.71. The zero-order valence-corrected chi connectivity index (χ0v) is 9.98. The number of anilines is 1. The van der Waals surface area contributed by atoms with Crippen LogP contribution in [0.3, 0.4) is 0 Å². The second-order valence-electron chi connectivity index (χ2n) is 4.13. The Morgan fingerprint density at radius 3 is 2.76 bits per heavy atom. The number of nitrogens with one attached hydrogen (secondary N) is 1. The van der Waals surface area contributed by atoms with E-state index in [2.05, 4.69) is 41.5 Å². The summed E-state index contributed by atoms with van der Waals surface area (Å²) in [6, 6.07) is 10.4. The highest BCUT2D eigenvalue weighted by Gasteiger charge is 1.96. The Morgan fingerprint density at radius 1 is 1.18 bits per heavy atom. The molecule has 0 aliphatic carbocycles. The van der Waals surface area contributed by atoms with Crippen molar-refractivity contribution in [2.75, 3.05) is 5.32 Å². The quantitative estimate of drug-likeness (QED) is 0.843. The van der Waals surface area contributed by atoms with Gasteiger partial charge in [-0.25, -0.2) is 0 Å². The highest BCUT2D eigenvalue weighted by Crippen LogP contribution is 2.11. The molecule has 0 unspecified atom stereocenters. The van der Waals surface area contributed by atoms with Gasteiger partial charge in [0, 0.05) is 31.2 Å². The summed E-state index contributed by atoms with van der Waals surface area (Å²) < 4.78 is 0. The van der Waals surface area contributed by atoms with E-state index in [0.29, 0.717) is 6.54 Å². The molecule has 88 valence electrons. The monoisotopic (exact) mass is 227 g/mol. The van der Waals surface area contributed by atoms with Gasteiger partial charge in [-0.1, -0.05) is 12.1 Å². The number of hydrogen-bond acceptors (Lipinski definition) is 3. The molecule has 3 N–H and O–H groups in total. The molecular formula is C14H17N3. The minimum absolute atomic E-state index is 0.533. The summed E-state index contributed by atoms with van der Waals surface area (Å²) in [6.45, 7) is 3.39. The summed E-state index contributed by atoms with van der Waals surface area (Å²) in [5.74, 6) is 0. The van der Waals surface area contributed by atoms with Crippen LogP contribution in [0.25, 0.3) is 0 Å². The van der Waals surface area contributed by atoms with E-state index in [-0.39, 0.29) is 0 Å². The molecule has 0 fully saturated rings. The van der Waals surface area contributed by atoms with Crippen molar-refractivity contribution in [3.8, 4) is 0 Å². The molecular weight excluding hydrogens is 210 g/mol. The van der Waals surface area contributed by atoms with Crippen LogP contribution < -0.4 is 11.1 Å². The molecule has 0 saturated heterocycles. The molecule has 1 heterocycles. The topological polar surface area (TPSA) is 50.9 Å². The highest BCUT2D eigenvalue weighted by atomic mass is 14.9. The van der Waals surface area contributed by atoms with E-state index >= 15 is 0 Å². The minimum Gasteiger partial charge on any atom is -0.381 e. The Balaban J connectivity index is 2.02. The van der Waals surface area contributed by atoms with Gasteiger partial charge < -0.3 is 11.1 Å². The fraction of sp³-hybridized carbons (Fsp3) is 0.214. The molecule has 0 spiro atoms. The van der Waals surface area contributed by atoms with Crippen LogP contribution in [0, 0.1) is 6.92 Å². The molecule has 2 rings (SSSR count). The number of pyridine rings is 1. The zero-order valence-electron chi connectivity index (χ0n) is 9.98. The first kappa shape index (κ1) is 11.6.